The smallest absolute Gasteiger partial charge is 0.0199 e. The highest BCUT2D eigenvalue weighted by atomic mass is 14.4. The minimum absolute atomic E-state index is 0.824. The van der Waals surface area contributed by atoms with Gasteiger partial charge in [0.25, 0.3) is 0 Å². The second-order valence-corrected chi connectivity index (χ2v) is 4.30. The zero-order chi connectivity index (χ0) is 10.5. The molecular formula is C15H18. The lowest BCUT2D eigenvalue weighted by molar-refractivity contribution is 0.709. The Hall–Kier alpha value is -1.30. The van der Waals surface area contributed by atoms with E-state index in [0.29, 0.717) is 0 Å². The summed E-state index contributed by atoms with van der Waals surface area (Å²) < 4.78 is 0. The summed E-state index contributed by atoms with van der Waals surface area (Å²) in [6, 6.07) is 10.5. The fourth-order valence-corrected chi connectivity index (χ4v) is 1.97. The van der Waals surface area contributed by atoms with Crippen molar-refractivity contribution < 1.29 is 0 Å². The van der Waals surface area contributed by atoms with Crippen LogP contribution in [0.15, 0.2) is 49.1 Å². The average Bonchev–Trinajstić information content (AvgIpc) is 3.04. The van der Waals surface area contributed by atoms with Crippen molar-refractivity contribution in [3.05, 3.63) is 54.6 Å². The molecule has 0 bridgehead atoms. The number of hydrogen-bond acceptors (Lipinski definition) is 0. The first kappa shape index (κ1) is 10.2. The van der Waals surface area contributed by atoms with Gasteiger partial charge in [0.1, 0.15) is 0 Å². The van der Waals surface area contributed by atoms with Gasteiger partial charge in [-0.2, -0.15) is 0 Å². The maximum atomic E-state index is 3.76. The van der Waals surface area contributed by atoms with Crippen LogP contribution in [0.4, 0.5) is 0 Å². The van der Waals surface area contributed by atoms with Crippen LogP contribution in [0.5, 0.6) is 0 Å². The van der Waals surface area contributed by atoms with Gasteiger partial charge in [-0.05, 0) is 36.7 Å². The first-order valence-electron chi connectivity index (χ1n) is 5.74. The molecule has 2 rings (SSSR count). The number of benzene rings is 1. The monoisotopic (exact) mass is 198 g/mol. The van der Waals surface area contributed by atoms with Crippen molar-refractivity contribution in [3.63, 3.8) is 0 Å². The fraction of sp³-hybridized carbons (Fsp3) is 0.333. The van der Waals surface area contributed by atoms with Gasteiger partial charge >= 0.3 is 0 Å². The summed E-state index contributed by atoms with van der Waals surface area (Å²) in [6.07, 6.45) is 10.5. The third-order valence-corrected chi connectivity index (χ3v) is 3.05. The van der Waals surface area contributed by atoms with Crippen molar-refractivity contribution in [2.24, 2.45) is 11.8 Å². The standard InChI is InChI=1S/C15H18/c1-2-3-9-14-12-15(14)11-10-13-7-5-4-6-8-13/h2,4-8,10-11,14-15H,1,3,9,12H2/b11-10+/t14-,15+/m1/s1. The van der Waals surface area contributed by atoms with Gasteiger partial charge in [-0.15, -0.1) is 6.58 Å². The zero-order valence-electron chi connectivity index (χ0n) is 9.10. The van der Waals surface area contributed by atoms with Gasteiger partial charge < -0.3 is 0 Å². The Bertz CT molecular complexity index is 334. The highest BCUT2D eigenvalue weighted by Gasteiger charge is 2.33. The van der Waals surface area contributed by atoms with Crippen molar-refractivity contribution in [1.82, 2.24) is 0 Å². The lowest BCUT2D eigenvalue weighted by atomic mass is 10.1. The van der Waals surface area contributed by atoms with Gasteiger partial charge in [-0.3, -0.25) is 0 Å². The molecule has 0 unspecified atom stereocenters. The van der Waals surface area contributed by atoms with E-state index in [-0.39, 0.29) is 0 Å². The van der Waals surface area contributed by atoms with Crippen molar-refractivity contribution >= 4 is 6.08 Å². The summed E-state index contributed by atoms with van der Waals surface area (Å²) >= 11 is 0. The predicted octanol–water partition coefficient (Wildman–Crippen LogP) is 4.30. The van der Waals surface area contributed by atoms with Crippen LogP contribution < -0.4 is 0 Å². The van der Waals surface area contributed by atoms with Crippen molar-refractivity contribution in [3.8, 4) is 0 Å². The first-order chi connectivity index (χ1) is 7.40. The molecule has 0 saturated heterocycles. The topological polar surface area (TPSA) is 0 Å². The van der Waals surface area contributed by atoms with E-state index in [1.807, 2.05) is 6.08 Å². The Balaban J connectivity index is 1.79. The minimum atomic E-state index is 0.824. The SMILES string of the molecule is C=CCC[C@@H]1C[C@@H]1/C=C/c1ccccc1. The Morgan fingerprint density at radius 1 is 1.27 bits per heavy atom. The van der Waals surface area contributed by atoms with E-state index >= 15 is 0 Å². The lowest BCUT2D eigenvalue weighted by Gasteiger charge is -1.93. The fourth-order valence-electron chi connectivity index (χ4n) is 1.97. The maximum absolute atomic E-state index is 3.76. The number of rotatable bonds is 5. The summed E-state index contributed by atoms with van der Waals surface area (Å²) in [5.74, 6) is 1.74. The summed E-state index contributed by atoms with van der Waals surface area (Å²) in [6.45, 7) is 3.76. The van der Waals surface area contributed by atoms with Crippen LogP contribution in [0.2, 0.25) is 0 Å². The summed E-state index contributed by atoms with van der Waals surface area (Å²) in [7, 11) is 0. The molecule has 0 radical (unpaired) electrons. The van der Waals surface area contributed by atoms with Crippen LogP contribution in [-0.2, 0) is 0 Å². The highest BCUT2D eigenvalue weighted by molar-refractivity contribution is 5.49. The van der Waals surface area contributed by atoms with Crippen LogP contribution in [0.1, 0.15) is 24.8 Å². The second-order valence-electron chi connectivity index (χ2n) is 4.30. The molecule has 0 aliphatic heterocycles. The average molecular weight is 198 g/mol. The Morgan fingerprint density at radius 2 is 2.07 bits per heavy atom. The summed E-state index contributed by atoms with van der Waals surface area (Å²) in [5, 5.41) is 0. The quantitative estimate of drug-likeness (QED) is 0.619. The van der Waals surface area contributed by atoms with Gasteiger partial charge in [0.2, 0.25) is 0 Å². The molecule has 2 atom stereocenters. The zero-order valence-corrected chi connectivity index (χ0v) is 9.10. The van der Waals surface area contributed by atoms with E-state index in [9.17, 15) is 0 Å². The Morgan fingerprint density at radius 3 is 2.80 bits per heavy atom. The molecule has 0 N–H and O–H groups in total. The van der Waals surface area contributed by atoms with Gasteiger partial charge in [-0.25, -0.2) is 0 Å². The molecule has 0 nitrogen and oxygen atoms in total. The molecule has 0 amide bonds. The van der Waals surface area contributed by atoms with Crippen molar-refractivity contribution in [2.45, 2.75) is 19.3 Å². The molecule has 0 aromatic heterocycles. The van der Waals surface area contributed by atoms with Crippen LogP contribution >= 0.6 is 0 Å². The maximum Gasteiger partial charge on any atom is -0.0199 e. The highest BCUT2D eigenvalue weighted by Crippen LogP contribution is 2.43. The predicted molar refractivity (Wildman–Crippen MR) is 66.5 cm³/mol. The van der Waals surface area contributed by atoms with Crippen molar-refractivity contribution in [2.75, 3.05) is 0 Å². The Labute approximate surface area is 92.3 Å². The second kappa shape index (κ2) is 4.97. The lowest BCUT2D eigenvalue weighted by Crippen LogP contribution is -1.78. The van der Waals surface area contributed by atoms with E-state index in [1.165, 1.54) is 24.8 Å². The van der Waals surface area contributed by atoms with Crippen LogP contribution in [0.3, 0.4) is 0 Å². The van der Waals surface area contributed by atoms with Crippen LogP contribution in [0.25, 0.3) is 6.08 Å². The molecule has 0 heterocycles. The summed E-state index contributed by atoms with van der Waals surface area (Å²) in [5.41, 5.74) is 1.31. The molecule has 1 aromatic rings. The van der Waals surface area contributed by atoms with E-state index < -0.39 is 0 Å². The molecule has 1 aromatic carbocycles. The van der Waals surface area contributed by atoms with E-state index in [4.69, 9.17) is 0 Å². The van der Waals surface area contributed by atoms with Gasteiger partial charge in [0.15, 0.2) is 0 Å². The molecule has 0 spiro atoms. The van der Waals surface area contributed by atoms with Crippen LogP contribution in [-0.4, -0.2) is 0 Å². The molecule has 1 saturated carbocycles. The molecule has 15 heavy (non-hydrogen) atoms. The van der Waals surface area contributed by atoms with E-state index in [0.717, 1.165) is 11.8 Å². The largest absolute Gasteiger partial charge is 0.103 e. The Kier molecular flexibility index (Phi) is 3.39. The summed E-state index contributed by atoms with van der Waals surface area (Å²) in [4.78, 5) is 0. The molecule has 1 fully saturated rings. The molecule has 1 aliphatic rings. The molecule has 1 aliphatic carbocycles. The van der Waals surface area contributed by atoms with Gasteiger partial charge in [0.05, 0.1) is 0 Å². The number of allylic oxidation sites excluding steroid dienone is 2. The van der Waals surface area contributed by atoms with Gasteiger partial charge in [0, 0.05) is 0 Å². The van der Waals surface area contributed by atoms with Gasteiger partial charge in [-0.1, -0.05) is 48.6 Å². The molecular weight excluding hydrogens is 180 g/mol. The normalized spacial score (nSPS) is 24.3. The first-order valence-corrected chi connectivity index (χ1v) is 5.74. The van der Waals surface area contributed by atoms with E-state index in [1.54, 1.807) is 0 Å². The molecule has 78 valence electrons. The third kappa shape index (κ3) is 3.09. The van der Waals surface area contributed by atoms with E-state index in [2.05, 4.69) is 49.1 Å². The number of hydrogen-bond donors (Lipinski definition) is 0. The van der Waals surface area contributed by atoms with Crippen LogP contribution in [0, 0.1) is 11.8 Å². The minimum Gasteiger partial charge on any atom is -0.103 e. The van der Waals surface area contributed by atoms with Crippen molar-refractivity contribution in [1.29, 1.82) is 0 Å². The third-order valence-electron chi connectivity index (χ3n) is 3.05. The molecule has 0 heteroatoms.